The largest absolute Gasteiger partial charge is 0.472 e. The van der Waals surface area contributed by atoms with Crippen LogP contribution in [0.15, 0.2) is 36.5 Å². The maximum absolute atomic E-state index is 13.6. The summed E-state index contributed by atoms with van der Waals surface area (Å²) in [5.41, 5.74) is 2.98. The fraction of sp³-hybridized carbons (Fsp3) is 0.464. The second kappa shape index (κ2) is 10.4. The van der Waals surface area contributed by atoms with Gasteiger partial charge in [-0.05, 0) is 61.6 Å². The van der Waals surface area contributed by atoms with Crippen LogP contribution in [0, 0.1) is 5.92 Å². The molecule has 2 amide bonds. The van der Waals surface area contributed by atoms with Gasteiger partial charge in [-0.3, -0.25) is 9.59 Å². The highest BCUT2D eigenvalue weighted by Gasteiger charge is 2.35. The molecular weight excluding hydrogens is 474 g/mol. The fourth-order valence-corrected chi connectivity index (χ4v) is 5.03. The van der Waals surface area contributed by atoms with E-state index >= 15 is 0 Å². The van der Waals surface area contributed by atoms with Gasteiger partial charge in [-0.15, -0.1) is 0 Å². The molecule has 3 heterocycles. The van der Waals surface area contributed by atoms with Gasteiger partial charge in [0.1, 0.15) is 11.7 Å². The van der Waals surface area contributed by atoms with E-state index in [0.29, 0.717) is 29.2 Å². The number of carbonyl (C=O) groups excluding carboxylic acids is 2. The Bertz CT molecular complexity index is 1230. The standard InChI is InChI=1S/C28H33N3O6/c1-17-13-31(18(2)15-32)28(34)22-10-21(19-6-4-5-7-19)12-29-26(22)37-25(17)14-30(3)27(33)20-8-9-23-24(11-20)36-16-35-23/h6,8-12,17-18,25,32H,4-5,7,13-16H2,1-3H3/t17-,18+,25+/m1/s1. The number of amides is 2. The third kappa shape index (κ3) is 5.00. The third-order valence-corrected chi connectivity index (χ3v) is 7.35. The Kier molecular flexibility index (Phi) is 7.06. The van der Waals surface area contributed by atoms with Crippen molar-refractivity contribution >= 4 is 17.4 Å². The lowest BCUT2D eigenvalue weighted by Crippen LogP contribution is -2.50. The number of likely N-dealkylation sites (N-methyl/N-ethyl adjacent to an activating group) is 1. The molecule has 0 unspecified atom stereocenters. The second-order valence-corrected chi connectivity index (χ2v) is 10.1. The molecule has 9 heteroatoms. The van der Waals surface area contributed by atoms with Gasteiger partial charge in [0, 0.05) is 31.3 Å². The molecule has 3 aliphatic rings. The summed E-state index contributed by atoms with van der Waals surface area (Å²) in [6.07, 6.45) is 6.59. The molecule has 1 aromatic heterocycles. The van der Waals surface area contributed by atoms with Gasteiger partial charge >= 0.3 is 0 Å². The molecule has 0 saturated heterocycles. The molecule has 37 heavy (non-hydrogen) atoms. The summed E-state index contributed by atoms with van der Waals surface area (Å²) < 4.78 is 17.1. The van der Waals surface area contributed by atoms with E-state index in [2.05, 4.69) is 11.1 Å². The molecule has 1 aliphatic carbocycles. The van der Waals surface area contributed by atoms with Gasteiger partial charge in [0.15, 0.2) is 11.5 Å². The Morgan fingerprint density at radius 3 is 2.84 bits per heavy atom. The van der Waals surface area contributed by atoms with Crippen molar-refractivity contribution < 1.29 is 28.9 Å². The average Bonchev–Trinajstić information content (AvgIpc) is 3.61. The van der Waals surface area contributed by atoms with Crippen molar-refractivity contribution in [2.75, 3.05) is 33.5 Å². The van der Waals surface area contributed by atoms with E-state index in [-0.39, 0.29) is 49.6 Å². The zero-order valence-electron chi connectivity index (χ0n) is 21.5. The van der Waals surface area contributed by atoms with E-state index in [1.807, 2.05) is 19.9 Å². The van der Waals surface area contributed by atoms with E-state index in [1.54, 1.807) is 41.2 Å². The summed E-state index contributed by atoms with van der Waals surface area (Å²) in [6.45, 7) is 4.47. The number of hydrogen-bond donors (Lipinski definition) is 1. The molecule has 0 spiro atoms. The smallest absolute Gasteiger partial charge is 0.259 e. The number of ether oxygens (including phenoxy) is 3. The van der Waals surface area contributed by atoms with Crippen molar-refractivity contribution in [1.82, 2.24) is 14.8 Å². The highest BCUT2D eigenvalue weighted by atomic mass is 16.7. The first kappa shape index (κ1) is 25.1. The molecule has 9 nitrogen and oxygen atoms in total. The monoisotopic (exact) mass is 507 g/mol. The van der Waals surface area contributed by atoms with Crippen molar-refractivity contribution in [3.63, 3.8) is 0 Å². The number of aliphatic hydroxyl groups excluding tert-OH is 1. The van der Waals surface area contributed by atoms with Gasteiger partial charge in [-0.1, -0.05) is 13.0 Å². The third-order valence-electron chi connectivity index (χ3n) is 7.35. The van der Waals surface area contributed by atoms with Crippen molar-refractivity contribution in [1.29, 1.82) is 0 Å². The van der Waals surface area contributed by atoms with Crippen LogP contribution >= 0.6 is 0 Å². The average molecular weight is 508 g/mol. The molecule has 1 aromatic carbocycles. The number of fused-ring (bicyclic) bond motifs is 2. The van der Waals surface area contributed by atoms with E-state index in [9.17, 15) is 14.7 Å². The number of carbonyl (C=O) groups is 2. The SMILES string of the molecule is C[C@@H]1CN([C@@H](C)CO)C(=O)c2cc(C3=CCCC3)cnc2O[C@H]1CN(C)C(=O)c1ccc2c(c1)OCO2. The summed E-state index contributed by atoms with van der Waals surface area (Å²) in [4.78, 5) is 34.7. The molecular formula is C28H33N3O6. The Morgan fingerprint density at radius 1 is 1.27 bits per heavy atom. The molecule has 0 fully saturated rings. The number of hydrogen-bond acceptors (Lipinski definition) is 7. The van der Waals surface area contributed by atoms with Gasteiger partial charge in [-0.2, -0.15) is 0 Å². The number of pyridine rings is 1. The van der Waals surface area contributed by atoms with Crippen LogP contribution in [-0.4, -0.2) is 77.4 Å². The van der Waals surface area contributed by atoms with E-state index in [4.69, 9.17) is 14.2 Å². The fourth-order valence-electron chi connectivity index (χ4n) is 5.03. The lowest BCUT2D eigenvalue weighted by Gasteiger charge is -2.37. The van der Waals surface area contributed by atoms with Gasteiger partial charge in [0.2, 0.25) is 12.7 Å². The van der Waals surface area contributed by atoms with Crippen molar-refractivity contribution in [2.24, 2.45) is 5.92 Å². The van der Waals surface area contributed by atoms with Crippen molar-refractivity contribution in [2.45, 2.75) is 45.3 Å². The number of nitrogens with zero attached hydrogens (tertiary/aromatic N) is 3. The molecule has 1 N–H and O–H groups in total. The predicted octanol–water partition coefficient (Wildman–Crippen LogP) is 3.37. The lowest BCUT2D eigenvalue weighted by molar-refractivity contribution is 0.0313. The first-order valence-electron chi connectivity index (χ1n) is 12.8. The minimum atomic E-state index is -0.424. The number of aromatic nitrogens is 1. The highest BCUT2D eigenvalue weighted by Crippen LogP contribution is 2.34. The quantitative estimate of drug-likeness (QED) is 0.640. The molecule has 2 aliphatic heterocycles. The summed E-state index contributed by atoms with van der Waals surface area (Å²) in [5.74, 6) is 0.909. The lowest BCUT2D eigenvalue weighted by atomic mass is 9.99. The van der Waals surface area contributed by atoms with Crippen LogP contribution < -0.4 is 14.2 Å². The first-order valence-corrected chi connectivity index (χ1v) is 12.8. The normalized spacial score (nSPS) is 21.5. The predicted molar refractivity (Wildman–Crippen MR) is 137 cm³/mol. The molecule has 0 radical (unpaired) electrons. The van der Waals surface area contributed by atoms with E-state index in [1.165, 1.54) is 5.57 Å². The molecule has 0 bridgehead atoms. The van der Waals surface area contributed by atoms with Crippen molar-refractivity contribution in [3.8, 4) is 17.4 Å². The van der Waals surface area contributed by atoms with Crippen LogP contribution in [0.3, 0.4) is 0 Å². The first-order chi connectivity index (χ1) is 17.9. The Labute approximate surface area is 216 Å². The number of allylic oxidation sites excluding steroid dienone is 2. The summed E-state index contributed by atoms with van der Waals surface area (Å²) >= 11 is 0. The Morgan fingerprint density at radius 2 is 2.08 bits per heavy atom. The van der Waals surface area contributed by atoms with Crippen LogP contribution in [0.4, 0.5) is 0 Å². The van der Waals surface area contributed by atoms with Gasteiger partial charge in [0.05, 0.1) is 19.2 Å². The van der Waals surface area contributed by atoms with Crippen molar-refractivity contribution in [3.05, 3.63) is 53.2 Å². The Balaban J connectivity index is 1.42. The number of aliphatic hydroxyl groups is 1. The van der Waals surface area contributed by atoms with Gasteiger partial charge < -0.3 is 29.1 Å². The minimum absolute atomic E-state index is 0.128. The zero-order chi connectivity index (χ0) is 26.1. The zero-order valence-corrected chi connectivity index (χ0v) is 21.5. The van der Waals surface area contributed by atoms with Crippen LogP contribution in [0.25, 0.3) is 5.57 Å². The van der Waals surface area contributed by atoms with E-state index in [0.717, 1.165) is 24.8 Å². The maximum atomic E-state index is 13.6. The van der Waals surface area contributed by atoms with Crippen LogP contribution in [0.1, 0.15) is 59.4 Å². The summed E-state index contributed by atoms with van der Waals surface area (Å²) in [5, 5.41) is 9.88. The number of rotatable bonds is 6. The number of benzene rings is 1. The summed E-state index contributed by atoms with van der Waals surface area (Å²) in [7, 11) is 1.73. The molecule has 2 aromatic rings. The maximum Gasteiger partial charge on any atom is 0.259 e. The summed E-state index contributed by atoms with van der Waals surface area (Å²) in [6, 6.07) is 6.62. The van der Waals surface area contributed by atoms with Crippen LogP contribution in [0.2, 0.25) is 0 Å². The minimum Gasteiger partial charge on any atom is -0.472 e. The molecule has 5 rings (SSSR count). The Hall–Kier alpha value is -3.59. The molecule has 3 atom stereocenters. The topological polar surface area (TPSA) is 101 Å². The van der Waals surface area contributed by atoms with Gasteiger partial charge in [0.25, 0.3) is 11.8 Å². The molecule has 0 saturated carbocycles. The van der Waals surface area contributed by atoms with Gasteiger partial charge in [-0.25, -0.2) is 4.98 Å². The highest BCUT2D eigenvalue weighted by molar-refractivity contribution is 5.98. The second-order valence-electron chi connectivity index (χ2n) is 10.1. The van der Waals surface area contributed by atoms with E-state index < -0.39 is 6.10 Å². The molecule has 196 valence electrons. The van der Waals surface area contributed by atoms with Crippen LogP contribution in [-0.2, 0) is 0 Å². The van der Waals surface area contributed by atoms with Crippen LogP contribution in [0.5, 0.6) is 17.4 Å².